The van der Waals surface area contributed by atoms with Gasteiger partial charge in [-0.3, -0.25) is 9.69 Å². The molecule has 0 radical (unpaired) electrons. The third-order valence-corrected chi connectivity index (χ3v) is 7.97. The van der Waals surface area contributed by atoms with Gasteiger partial charge in [0.05, 0.1) is 11.3 Å². The summed E-state index contributed by atoms with van der Waals surface area (Å²) < 4.78 is 75.2. The van der Waals surface area contributed by atoms with Gasteiger partial charge in [0.15, 0.2) is 16.4 Å². The first-order chi connectivity index (χ1) is 16.5. The van der Waals surface area contributed by atoms with E-state index in [4.69, 9.17) is 21.1 Å². The van der Waals surface area contributed by atoms with Gasteiger partial charge in [0.1, 0.15) is 27.8 Å². The second-order valence-corrected chi connectivity index (χ2v) is 12.4. The Bertz CT molecular complexity index is 1190. The molecule has 14 heteroatoms. The van der Waals surface area contributed by atoms with Crippen molar-refractivity contribution in [2.24, 2.45) is 0 Å². The molecule has 9 nitrogen and oxygen atoms in total. The third kappa shape index (κ3) is 6.53. The number of hydrogen-bond donors (Lipinski definition) is 1. The fourth-order valence-electron chi connectivity index (χ4n) is 3.67. The molecule has 1 N–H and O–H groups in total. The van der Waals surface area contributed by atoms with Crippen LogP contribution < -0.4 is 10.1 Å². The van der Waals surface area contributed by atoms with Crippen LogP contribution in [0.1, 0.15) is 40.0 Å². The topological polar surface area (TPSA) is 126 Å². The summed E-state index contributed by atoms with van der Waals surface area (Å²) >= 11 is 5.84. The fourth-order valence-corrected chi connectivity index (χ4v) is 5.64. The van der Waals surface area contributed by atoms with Crippen molar-refractivity contribution in [1.29, 1.82) is 5.26 Å². The van der Waals surface area contributed by atoms with Crippen molar-refractivity contribution in [3.8, 4) is 11.8 Å². The number of sulfone groups is 1. The van der Waals surface area contributed by atoms with Gasteiger partial charge in [-0.1, -0.05) is 11.6 Å². The van der Waals surface area contributed by atoms with Crippen LogP contribution in [-0.4, -0.2) is 67.1 Å². The number of carbonyl (C=O) groups is 2. The van der Waals surface area contributed by atoms with Crippen LogP contribution in [0.4, 0.5) is 18.0 Å². The molecule has 0 unspecified atom stereocenters. The molecular weight excluding hydrogens is 527 g/mol. The first-order valence-corrected chi connectivity index (χ1v) is 12.8. The number of nitriles is 1. The molecule has 0 spiro atoms. The minimum Gasteiger partial charge on any atom is -0.483 e. The standard InChI is InChI=1S/C22H25ClF3N3O6S/c1-20(2,3)35-19(31)29-10-14(9-15(29)18(30)28-21(11-27)6-7-21)36(32,33)17-5-4-13(23)8-16(17)34-12-22(24,25)26/h4-5,8,14-15H,6-7,9-10,12H2,1-3H3,(H,28,30)/t14-,15+/m1/s1. The molecule has 2 atom stereocenters. The molecule has 0 aromatic heterocycles. The highest BCUT2D eigenvalue weighted by atomic mass is 35.5. The van der Waals surface area contributed by atoms with E-state index < -0.39 is 74.2 Å². The van der Waals surface area contributed by atoms with Crippen molar-refractivity contribution in [3.63, 3.8) is 0 Å². The zero-order valence-corrected chi connectivity index (χ0v) is 21.3. The van der Waals surface area contributed by atoms with Crippen LogP contribution in [0.25, 0.3) is 0 Å². The van der Waals surface area contributed by atoms with Crippen LogP contribution in [0.2, 0.25) is 5.02 Å². The zero-order valence-electron chi connectivity index (χ0n) is 19.7. The van der Waals surface area contributed by atoms with E-state index in [1.165, 1.54) is 6.07 Å². The molecule has 3 rings (SSSR count). The highest BCUT2D eigenvalue weighted by Gasteiger charge is 2.51. The number of alkyl halides is 3. The van der Waals surface area contributed by atoms with Gasteiger partial charge in [-0.25, -0.2) is 13.2 Å². The Kier molecular flexibility index (Phi) is 7.45. The summed E-state index contributed by atoms with van der Waals surface area (Å²) in [6, 6.07) is 3.86. The average molecular weight is 552 g/mol. The quantitative estimate of drug-likeness (QED) is 0.572. The molecule has 2 amide bonds. The third-order valence-electron chi connectivity index (χ3n) is 5.56. The van der Waals surface area contributed by atoms with Gasteiger partial charge in [0, 0.05) is 17.6 Å². The minimum absolute atomic E-state index is 0.0450. The Morgan fingerprint density at radius 3 is 2.44 bits per heavy atom. The molecule has 1 aliphatic heterocycles. The fraction of sp³-hybridized carbons (Fsp3) is 0.591. The average Bonchev–Trinajstić information content (AvgIpc) is 3.35. The van der Waals surface area contributed by atoms with Gasteiger partial charge < -0.3 is 14.8 Å². The molecular formula is C22H25ClF3N3O6S. The number of nitrogens with zero attached hydrogens (tertiary/aromatic N) is 2. The number of carbonyl (C=O) groups excluding carboxylic acids is 2. The van der Waals surface area contributed by atoms with Crippen LogP contribution >= 0.6 is 11.6 Å². The van der Waals surface area contributed by atoms with Crippen molar-refractivity contribution in [2.75, 3.05) is 13.2 Å². The second kappa shape index (κ2) is 9.63. The molecule has 198 valence electrons. The minimum atomic E-state index is -4.73. The highest BCUT2D eigenvalue weighted by Crippen LogP contribution is 2.38. The normalized spacial score (nSPS) is 21.4. The number of benzene rings is 1. The molecule has 1 saturated carbocycles. The predicted molar refractivity (Wildman–Crippen MR) is 121 cm³/mol. The molecule has 1 aromatic rings. The lowest BCUT2D eigenvalue weighted by Crippen LogP contribution is -2.50. The van der Waals surface area contributed by atoms with Crippen LogP contribution in [0.5, 0.6) is 5.75 Å². The Hall–Kier alpha value is -2.72. The lowest BCUT2D eigenvalue weighted by Gasteiger charge is -2.28. The summed E-state index contributed by atoms with van der Waals surface area (Å²) in [5.41, 5.74) is -2.02. The Morgan fingerprint density at radius 2 is 1.92 bits per heavy atom. The summed E-state index contributed by atoms with van der Waals surface area (Å²) in [4.78, 5) is 26.3. The molecule has 1 saturated heterocycles. The van der Waals surface area contributed by atoms with Crippen LogP contribution in [0, 0.1) is 11.3 Å². The molecule has 2 aliphatic rings. The maximum absolute atomic E-state index is 13.5. The molecule has 1 heterocycles. The molecule has 36 heavy (non-hydrogen) atoms. The van der Waals surface area contributed by atoms with E-state index in [0.717, 1.165) is 17.0 Å². The molecule has 1 aliphatic carbocycles. The van der Waals surface area contributed by atoms with E-state index in [1.54, 1.807) is 20.8 Å². The van der Waals surface area contributed by atoms with Gasteiger partial charge in [-0.05, 0) is 52.2 Å². The van der Waals surface area contributed by atoms with E-state index in [-0.39, 0.29) is 11.4 Å². The summed E-state index contributed by atoms with van der Waals surface area (Å²) in [6.07, 6.45) is -5.20. The predicted octanol–water partition coefficient (Wildman–Crippen LogP) is 3.61. The number of nitrogens with one attached hydrogen (secondary N) is 1. The van der Waals surface area contributed by atoms with Crippen LogP contribution in [-0.2, 0) is 19.4 Å². The van der Waals surface area contributed by atoms with Crippen molar-refractivity contribution < 1.29 is 40.7 Å². The van der Waals surface area contributed by atoms with Crippen LogP contribution in [0.15, 0.2) is 23.1 Å². The van der Waals surface area contributed by atoms with Gasteiger partial charge in [0.2, 0.25) is 5.91 Å². The smallest absolute Gasteiger partial charge is 0.422 e. The Morgan fingerprint density at radius 1 is 1.28 bits per heavy atom. The Labute approximate surface area is 211 Å². The number of rotatable bonds is 6. The van der Waals surface area contributed by atoms with E-state index >= 15 is 0 Å². The van der Waals surface area contributed by atoms with E-state index in [1.807, 2.05) is 6.07 Å². The van der Waals surface area contributed by atoms with Gasteiger partial charge in [0.25, 0.3) is 0 Å². The first-order valence-electron chi connectivity index (χ1n) is 10.9. The number of hydrogen-bond acceptors (Lipinski definition) is 7. The molecule has 2 fully saturated rings. The monoisotopic (exact) mass is 551 g/mol. The summed E-state index contributed by atoms with van der Waals surface area (Å²) in [7, 11) is -4.41. The number of halogens is 4. The lowest BCUT2D eigenvalue weighted by atomic mass is 10.2. The SMILES string of the molecule is CC(C)(C)OC(=O)N1C[C@H](S(=O)(=O)c2ccc(Cl)cc2OCC(F)(F)F)C[C@H]1C(=O)NC1(C#N)CC1. The van der Waals surface area contributed by atoms with Gasteiger partial charge in [-0.2, -0.15) is 18.4 Å². The number of amides is 2. The maximum Gasteiger partial charge on any atom is 0.422 e. The highest BCUT2D eigenvalue weighted by molar-refractivity contribution is 7.92. The maximum atomic E-state index is 13.5. The number of ether oxygens (including phenoxy) is 2. The first kappa shape index (κ1) is 27.9. The largest absolute Gasteiger partial charge is 0.483 e. The Balaban J connectivity index is 1.93. The van der Waals surface area contributed by atoms with Crippen molar-refractivity contribution in [1.82, 2.24) is 10.2 Å². The lowest BCUT2D eigenvalue weighted by molar-refractivity contribution is -0.153. The molecule has 0 bridgehead atoms. The van der Waals surface area contributed by atoms with Crippen LogP contribution in [0.3, 0.4) is 0 Å². The number of likely N-dealkylation sites (tertiary alicyclic amines) is 1. The molecule has 1 aromatic carbocycles. The van der Waals surface area contributed by atoms with Gasteiger partial charge in [-0.15, -0.1) is 0 Å². The van der Waals surface area contributed by atoms with Crippen molar-refractivity contribution >= 4 is 33.4 Å². The summed E-state index contributed by atoms with van der Waals surface area (Å²) in [6.45, 7) is 2.58. The van der Waals surface area contributed by atoms with Crippen molar-refractivity contribution in [2.45, 2.75) is 73.5 Å². The van der Waals surface area contributed by atoms with E-state index in [9.17, 15) is 36.4 Å². The second-order valence-electron chi connectivity index (χ2n) is 9.73. The van der Waals surface area contributed by atoms with E-state index in [0.29, 0.717) is 12.8 Å². The van der Waals surface area contributed by atoms with Gasteiger partial charge >= 0.3 is 12.3 Å². The summed E-state index contributed by atoms with van der Waals surface area (Å²) in [5, 5.41) is 10.4. The zero-order chi connectivity index (χ0) is 27.1. The van der Waals surface area contributed by atoms with E-state index in [2.05, 4.69) is 5.32 Å². The summed E-state index contributed by atoms with van der Waals surface area (Å²) in [5.74, 6) is -1.32. The van der Waals surface area contributed by atoms with Crippen molar-refractivity contribution in [3.05, 3.63) is 23.2 Å².